The summed E-state index contributed by atoms with van der Waals surface area (Å²) in [6.07, 6.45) is 3.69. The number of nitrogens with zero attached hydrogens (tertiary/aromatic N) is 3. The van der Waals surface area contributed by atoms with Crippen LogP contribution in [-0.4, -0.2) is 47.0 Å². The summed E-state index contributed by atoms with van der Waals surface area (Å²) in [5, 5.41) is 3.53. The Morgan fingerprint density at radius 2 is 1.90 bits per heavy atom. The molecule has 0 spiro atoms. The molecule has 0 aliphatic carbocycles. The van der Waals surface area contributed by atoms with Crippen LogP contribution in [-0.2, 0) is 9.53 Å². The second kappa shape index (κ2) is 9.36. The van der Waals surface area contributed by atoms with Crippen LogP contribution in [0, 0.1) is 6.92 Å². The molecule has 1 saturated heterocycles. The average Bonchev–Trinajstić information content (AvgIpc) is 3.23. The number of anilines is 2. The number of imidazole rings is 1. The van der Waals surface area contributed by atoms with E-state index < -0.39 is 0 Å². The fourth-order valence-corrected chi connectivity index (χ4v) is 4.27. The first-order valence-electron chi connectivity index (χ1n) is 10.1. The maximum absolute atomic E-state index is 12.7. The van der Waals surface area contributed by atoms with Gasteiger partial charge in [0.25, 0.3) is 0 Å². The molecule has 2 aromatic carbocycles. The zero-order valence-electron chi connectivity index (χ0n) is 17.2. The van der Waals surface area contributed by atoms with Gasteiger partial charge in [0, 0.05) is 42.5 Å². The summed E-state index contributed by atoms with van der Waals surface area (Å²) < 4.78 is 7.41. The third kappa shape index (κ3) is 4.86. The largest absolute Gasteiger partial charge is 0.378 e. The second-order valence-electron chi connectivity index (χ2n) is 7.31. The second-order valence-corrected chi connectivity index (χ2v) is 8.62. The van der Waals surface area contributed by atoms with E-state index in [-0.39, 0.29) is 11.2 Å². The fourth-order valence-electron chi connectivity index (χ4n) is 3.38. The zero-order chi connectivity index (χ0) is 20.9. The maximum atomic E-state index is 12.7. The van der Waals surface area contributed by atoms with E-state index in [0.29, 0.717) is 0 Å². The van der Waals surface area contributed by atoms with Gasteiger partial charge in [-0.2, -0.15) is 0 Å². The molecular formula is C23H26N4O2S. The molecule has 1 aromatic heterocycles. The van der Waals surface area contributed by atoms with E-state index in [1.807, 2.05) is 54.1 Å². The van der Waals surface area contributed by atoms with Crippen LogP contribution in [0.2, 0.25) is 0 Å². The summed E-state index contributed by atoms with van der Waals surface area (Å²) in [4.78, 5) is 19.5. The van der Waals surface area contributed by atoms with Crippen molar-refractivity contribution in [2.75, 3.05) is 36.5 Å². The van der Waals surface area contributed by atoms with Crippen LogP contribution in [0.4, 0.5) is 11.4 Å². The lowest BCUT2D eigenvalue weighted by Crippen LogP contribution is -2.36. The van der Waals surface area contributed by atoms with Crippen LogP contribution in [0.3, 0.4) is 0 Å². The fraction of sp³-hybridized carbons (Fsp3) is 0.304. The van der Waals surface area contributed by atoms with Gasteiger partial charge in [0.15, 0.2) is 5.16 Å². The number of benzene rings is 2. The molecule has 0 bridgehead atoms. The van der Waals surface area contributed by atoms with Gasteiger partial charge in [-0.05, 0) is 55.8 Å². The van der Waals surface area contributed by atoms with Crippen molar-refractivity contribution >= 4 is 29.0 Å². The van der Waals surface area contributed by atoms with Crippen LogP contribution in [0.5, 0.6) is 0 Å². The van der Waals surface area contributed by atoms with E-state index in [1.54, 1.807) is 6.20 Å². The molecule has 30 heavy (non-hydrogen) atoms. The molecule has 1 fully saturated rings. The number of amides is 1. The van der Waals surface area contributed by atoms with Crippen molar-refractivity contribution in [2.45, 2.75) is 24.3 Å². The van der Waals surface area contributed by atoms with E-state index in [1.165, 1.54) is 17.3 Å². The molecular weight excluding hydrogens is 396 g/mol. The Bertz CT molecular complexity index is 996. The van der Waals surface area contributed by atoms with E-state index in [0.717, 1.165) is 48.5 Å². The zero-order valence-corrected chi connectivity index (χ0v) is 18.1. The Morgan fingerprint density at radius 3 is 2.63 bits per heavy atom. The Morgan fingerprint density at radius 1 is 1.13 bits per heavy atom. The van der Waals surface area contributed by atoms with Crippen molar-refractivity contribution < 1.29 is 9.53 Å². The van der Waals surface area contributed by atoms with Gasteiger partial charge in [0.1, 0.15) is 0 Å². The predicted molar refractivity (Wildman–Crippen MR) is 122 cm³/mol. The van der Waals surface area contributed by atoms with Gasteiger partial charge < -0.3 is 15.0 Å². The number of morpholine rings is 1. The minimum atomic E-state index is -0.283. The molecule has 1 amide bonds. The van der Waals surface area contributed by atoms with Gasteiger partial charge in [-0.15, -0.1) is 0 Å². The predicted octanol–water partition coefficient (Wildman–Crippen LogP) is 4.14. The highest BCUT2D eigenvalue weighted by Gasteiger charge is 2.18. The molecule has 1 unspecified atom stereocenters. The van der Waals surface area contributed by atoms with Gasteiger partial charge in [-0.3, -0.25) is 9.36 Å². The molecule has 3 aromatic rings. The van der Waals surface area contributed by atoms with Crippen molar-refractivity contribution in [1.29, 1.82) is 0 Å². The summed E-state index contributed by atoms with van der Waals surface area (Å²) in [7, 11) is 0. The van der Waals surface area contributed by atoms with E-state index >= 15 is 0 Å². The number of carbonyl (C=O) groups excluding carboxylic acids is 1. The number of hydrogen-bond acceptors (Lipinski definition) is 5. The van der Waals surface area contributed by atoms with Crippen molar-refractivity contribution in [3.8, 4) is 5.69 Å². The van der Waals surface area contributed by atoms with Gasteiger partial charge in [-0.1, -0.05) is 23.9 Å². The topological polar surface area (TPSA) is 59.4 Å². The van der Waals surface area contributed by atoms with Crippen LogP contribution < -0.4 is 10.2 Å². The molecule has 156 valence electrons. The Labute approximate surface area is 181 Å². The van der Waals surface area contributed by atoms with Gasteiger partial charge in [0.2, 0.25) is 5.91 Å². The number of rotatable bonds is 6. The molecule has 6 nitrogen and oxygen atoms in total. The first-order chi connectivity index (χ1) is 14.6. The van der Waals surface area contributed by atoms with E-state index in [9.17, 15) is 4.79 Å². The number of aryl methyl sites for hydroxylation is 1. The summed E-state index contributed by atoms with van der Waals surface area (Å²) >= 11 is 1.45. The van der Waals surface area contributed by atoms with Gasteiger partial charge in [0.05, 0.1) is 18.5 Å². The molecule has 1 N–H and O–H groups in total. The molecule has 7 heteroatoms. The van der Waals surface area contributed by atoms with Crippen molar-refractivity contribution in [1.82, 2.24) is 9.55 Å². The number of hydrogen-bond donors (Lipinski definition) is 1. The summed E-state index contributed by atoms with van der Waals surface area (Å²) in [5.41, 5.74) is 4.18. The Kier molecular flexibility index (Phi) is 6.40. The highest BCUT2D eigenvalue weighted by Crippen LogP contribution is 2.26. The number of aromatic nitrogens is 2. The average molecular weight is 423 g/mol. The number of thioether (sulfide) groups is 1. The number of nitrogens with one attached hydrogen (secondary N) is 1. The molecule has 0 radical (unpaired) electrons. The quantitative estimate of drug-likeness (QED) is 0.605. The van der Waals surface area contributed by atoms with E-state index in [2.05, 4.69) is 34.3 Å². The molecule has 0 saturated carbocycles. The summed E-state index contributed by atoms with van der Waals surface area (Å²) in [6, 6.07) is 16.2. The highest BCUT2D eigenvalue weighted by molar-refractivity contribution is 8.00. The van der Waals surface area contributed by atoms with Gasteiger partial charge >= 0.3 is 0 Å². The third-order valence-corrected chi connectivity index (χ3v) is 6.13. The van der Waals surface area contributed by atoms with Crippen LogP contribution in [0.15, 0.2) is 66.1 Å². The van der Waals surface area contributed by atoms with Gasteiger partial charge in [-0.25, -0.2) is 4.98 Å². The lowest BCUT2D eigenvalue weighted by Gasteiger charge is -2.28. The maximum Gasteiger partial charge on any atom is 0.237 e. The molecule has 1 atom stereocenters. The van der Waals surface area contributed by atoms with Crippen molar-refractivity contribution in [3.05, 3.63) is 66.5 Å². The standard InChI is InChI=1S/C23H26N4O2S/c1-17-4-3-5-21(16-17)27-11-10-24-23(27)30-18(2)22(28)25-19-6-8-20(9-7-19)26-12-14-29-15-13-26/h3-11,16,18H,12-15H2,1-2H3,(H,25,28). The minimum absolute atomic E-state index is 0.0436. The van der Waals surface area contributed by atoms with Crippen LogP contribution >= 0.6 is 11.8 Å². The smallest absolute Gasteiger partial charge is 0.237 e. The van der Waals surface area contributed by atoms with Crippen molar-refractivity contribution in [3.63, 3.8) is 0 Å². The lowest BCUT2D eigenvalue weighted by atomic mass is 10.2. The van der Waals surface area contributed by atoms with Crippen LogP contribution in [0.1, 0.15) is 12.5 Å². The number of carbonyl (C=O) groups is 1. The first-order valence-corrected chi connectivity index (χ1v) is 11.0. The third-order valence-electron chi connectivity index (χ3n) is 5.05. The first kappa shape index (κ1) is 20.5. The minimum Gasteiger partial charge on any atom is -0.378 e. The summed E-state index contributed by atoms with van der Waals surface area (Å²) in [5.74, 6) is -0.0436. The van der Waals surface area contributed by atoms with Crippen LogP contribution in [0.25, 0.3) is 5.69 Å². The molecule has 1 aliphatic rings. The molecule has 4 rings (SSSR count). The van der Waals surface area contributed by atoms with E-state index in [4.69, 9.17) is 4.74 Å². The highest BCUT2D eigenvalue weighted by atomic mass is 32.2. The summed E-state index contributed by atoms with van der Waals surface area (Å²) in [6.45, 7) is 7.27. The Hall–Kier alpha value is -2.77. The SMILES string of the molecule is Cc1cccc(-n2ccnc2SC(C)C(=O)Nc2ccc(N3CCOCC3)cc2)c1. The molecule has 2 heterocycles. The number of ether oxygens (including phenoxy) is 1. The van der Waals surface area contributed by atoms with Crippen molar-refractivity contribution in [2.24, 2.45) is 0 Å². The monoisotopic (exact) mass is 422 g/mol. The normalized spacial score (nSPS) is 15.1. The lowest BCUT2D eigenvalue weighted by molar-refractivity contribution is -0.115. The Balaban J connectivity index is 1.38. The molecule has 1 aliphatic heterocycles.